The van der Waals surface area contributed by atoms with Crippen molar-refractivity contribution in [2.45, 2.75) is 13.5 Å². The Balaban J connectivity index is 1.90. The number of carbonyl (C=O) groups is 1. The topological polar surface area (TPSA) is 67.2 Å². The summed E-state index contributed by atoms with van der Waals surface area (Å²) in [5, 5.41) is 3.41. The first-order valence-corrected chi connectivity index (χ1v) is 8.84. The van der Waals surface area contributed by atoms with E-state index < -0.39 is 5.82 Å². The molecule has 0 radical (unpaired) electrons. The zero-order valence-electron chi connectivity index (χ0n) is 15.3. The second-order valence-corrected chi connectivity index (χ2v) is 6.65. The smallest absolute Gasteiger partial charge is 0.255 e. The van der Waals surface area contributed by atoms with Crippen LogP contribution in [0, 0.1) is 12.7 Å². The van der Waals surface area contributed by atoms with Gasteiger partial charge < -0.3 is 10.2 Å². The minimum atomic E-state index is -0.427. The lowest BCUT2D eigenvalue weighted by atomic mass is 10.3. The van der Waals surface area contributed by atoms with Crippen molar-refractivity contribution < 1.29 is 9.18 Å². The molecule has 0 unspecified atom stereocenters. The van der Waals surface area contributed by atoms with Crippen molar-refractivity contribution in [2.75, 3.05) is 17.3 Å². The van der Waals surface area contributed by atoms with Crippen molar-refractivity contribution in [1.29, 1.82) is 0 Å². The largest absolute Gasteiger partial charge is 0.325 e. The van der Waals surface area contributed by atoms with Crippen molar-refractivity contribution in [2.24, 2.45) is 0 Å². The third-order valence-corrected chi connectivity index (χ3v) is 4.32. The average Bonchev–Trinajstić information content (AvgIpc) is 2.63. The second-order valence-electron chi connectivity index (χ2n) is 6.21. The Labute approximate surface area is 166 Å². The van der Waals surface area contributed by atoms with Crippen LogP contribution >= 0.6 is 11.6 Å². The molecule has 0 saturated carbocycles. The molecule has 0 aliphatic rings. The normalized spacial score (nSPS) is 10.6. The molecule has 144 valence electrons. The predicted molar refractivity (Wildman–Crippen MR) is 108 cm³/mol. The number of benzene rings is 2. The molecule has 0 atom stereocenters. The van der Waals surface area contributed by atoms with Crippen LogP contribution in [0.25, 0.3) is 0 Å². The highest BCUT2D eigenvalue weighted by atomic mass is 35.5. The molecule has 0 saturated heterocycles. The van der Waals surface area contributed by atoms with Crippen molar-refractivity contribution in [1.82, 2.24) is 9.55 Å². The minimum absolute atomic E-state index is 0.156. The highest BCUT2D eigenvalue weighted by Gasteiger charge is 2.16. The number of nitrogens with one attached hydrogen (secondary N) is 1. The number of halogens is 2. The summed E-state index contributed by atoms with van der Waals surface area (Å²) in [5.41, 5.74) is 1.11. The number of aromatic nitrogens is 2. The van der Waals surface area contributed by atoms with Crippen LogP contribution in [0.2, 0.25) is 5.02 Å². The highest BCUT2D eigenvalue weighted by molar-refractivity contribution is 6.30. The molecule has 28 heavy (non-hydrogen) atoms. The Hall–Kier alpha value is -3.19. The number of anilines is 3. The molecule has 1 heterocycles. The summed E-state index contributed by atoms with van der Waals surface area (Å²) in [5.74, 6) is -0.607. The van der Waals surface area contributed by atoms with E-state index in [1.54, 1.807) is 44.3 Å². The van der Waals surface area contributed by atoms with Crippen LogP contribution in [0.5, 0.6) is 0 Å². The minimum Gasteiger partial charge on any atom is -0.325 e. The van der Waals surface area contributed by atoms with E-state index >= 15 is 0 Å². The zero-order chi connectivity index (χ0) is 20.3. The monoisotopic (exact) mass is 400 g/mol. The number of hydrogen-bond acceptors (Lipinski definition) is 4. The van der Waals surface area contributed by atoms with E-state index in [2.05, 4.69) is 10.3 Å². The summed E-state index contributed by atoms with van der Waals surface area (Å²) in [6.45, 7) is 1.43. The Morgan fingerprint density at radius 2 is 1.96 bits per heavy atom. The van der Waals surface area contributed by atoms with Gasteiger partial charge in [0, 0.05) is 35.2 Å². The lowest BCUT2D eigenvalue weighted by Gasteiger charge is -2.20. The van der Waals surface area contributed by atoms with E-state index in [-0.39, 0.29) is 24.0 Å². The molecule has 3 rings (SSSR count). The molecule has 1 aromatic heterocycles. The van der Waals surface area contributed by atoms with E-state index in [0.29, 0.717) is 22.1 Å². The summed E-state index contributed by atoms with van der Waals surface area (Å²) < 4.78 is 14.7. The summed E-state index contributed by atoms with van der Waals surface area (Å²) in [7, 11) is 1.60. The van der Waals surface area contributed by atoms with Gasteiger partial charge in [-0.05, 0) is 43.3 Å². The van der Waals surface area contributed by atoms with Gasteiger partial charge in [0.2, 0.25) is 11.9 Å². The third-order valence-electron chi connectivity index (χ3n) is 4.08. The fourth-order valence-corrected chi connectivity index (χ4v) is 2.82. The van der Waals surface area contributed by atoms with Crippen LogP contribution in [-0.4, -0.2) is 22.5 Å². The first-order valence-electron chi connectivity index (χ1n) is 8.46. The second kappa shape index (κ2) is 8.22. The Kier molecular flexibility index (Phi) is 5.75. The van der Waals surface area contributed by atoms with E-state index in [4.69, 9.17) is 11.6 Å². The zero-order valence-corrected chi connectivity index (χ0v) is 16.1. The number of nitrogens with zero attached hydrogens (tertiary/aromatic N) is 3. The quantitative estimate of drug-likeness (QED) is 0.708. The third kappa shape index (κ3) is 4.55. The molecule has 1 N–H and O–H groups in total. The Morgan fingerprint density at radius 1 is 1.21 bits per heavy atom. The van der Waals surface area contributed by atoms with Gasteiger partial charge in [-0.2, -0.15) is 0 Å². The van der Waals surface area contributed by atoms with Crippen LogP contribution in [0.15, 0.2) is 59.4 Å². The van der Waals surface area contributed by atoms with Crippen LogP contribution in [0.3, 0.4) is 0 Å². The van der Waals surface area contributed by atoms with E-state index in [1.165, 1.54) is 33.7 Å². The maximum absolute atomic E-state index is 13.5. The van der Waals surface area contributed by atoms with Crippen molar-refractivity contribution >= 4 is 34.8 Å². The van der Waals surface area contributed by atoms with Gasteiger partial charge in [-0.3, -0.25) is 14.2 Å². The summed E-state index contributed by atoms with van der Waals surface area (Å²) >= 11 is 5.98. The lowest BCUT2D eigenvalue weighted by Crippen LogP contribution is -2.35. The standard InChI is InChI=1S/C20H18ClFN4O2/c1-13-9-18(27)26(20(23-13)24-16-7-4-6-15(22)11-16)12-19(28)25(2)17-8-3-5-14(21)10-17/h3-11H,12H2,1-2H3,(H,23,24). The summed E-state index contributed by atoms with van der Waals surface area (Å²) in [6, 6.07) is 13.9. The molecule has 1 amide bonds. The number of hydrogen-bond donors (Lipinski definition) is 1. The van der Waals surface area contributed by atoms with Gasteiger partial charge in [0.25, 0.3) is 5.56 Å². The summed E-state index contributed by atoms with van der Waals surface area (Å²) in [6.07, 6.45) is 0. The molecule has 0 aliphatic carbocycles. The highest BCUT2D eigenvalue weighted by Crippen LogP contribution is 2.19. The molecule has 8 heteroatoms. The van der Waals surface area contributed by atoms with Gasteiger partial charge in [-0.15, -0.1) is 0 Å². The number of rotatable bonds is 5. The van der Waals surface area contributed by atoms with Gasteiger partial charge in [0.1, 0.15) is 12.4 Å². The van der Waals surface area contributed by atoms with Crippen LogP contribution in [-0.2, 0) is 11.3 Å². The number of likely N-dealkylation sites (N-methyl/N-ethyl adjacent to an activating group) is 1. The molecule has 6 nitrogen and oxygen atoms in total. The molecular formula is C20H18ClFN4O2. The van der Waals surface area contributed by atoms with Crippen molar-refractivity contribution in [3.8, 4) is 0 Å². The maximum atomic E-state index is 13.5. The number of aryl methyl sites for hydroxylation is 1. The fourth-order valence-electron chi connectivity index (χ4n) is 2.63. The van der Waals surface area contributed by atoms with E-state index in [1.807, 2.05) is 0 Å². The Morgan fingerprint density at radius 3 is 2.68 bits per heavy atom. The average molecular weight is 401 g/mol. The summed E-state index contributed by atoms with van der Waals surface area (Å²) in [4.78, 5) is 30.9. The molecule has 0 spiro atoms. The van der Waals surface area contributed by atoms with Gasteiger partial charge in [-0.1, -0.05) is 23.7 Å². The van der Waals surface area contributed by atoms with Crippen molar-refractivity contribution in [3.63, 3.8) is 0 Å². The molecule has 0 fully saturated rings. The molecular weight excluding hydrogens is 383 g/mol. The number of amides is 1. The number of carbonyl (C=O) groups excluding carboxylic acids is 1. The maximum Gasteiger partial charge on any atom is 0.255 e. The van der Waals surface area contributed by atoms with Crippen LogP contribution < -0.4 is 15.8 Å². The SMILES string of the molecule is Cc1cc(=O)n(CC(=O)N(C)c2cccc(Cl)c2)c(Nc2cccc(F)c2)n1. The first-order chi connectivity index (χ1) is 13.3. The lowest BCUT2D eigenvalue weighted by molar-refractivity contribution is -0.118. The van der Waals surface area contributed by atoms with Crippen molar-refractivity contribution in [3.05, 3.63) is 81.5 Å². The molecule has 0 bridgehead atoms. The van der Waals surface area contributed by atoms with E-state index in [9.17, 15) is 14.0 Å². The van der Waals surface area contributed by atoms with Gasteiger partial charge >= 0.3 is 0 Å². The van der Waals surface area contributed by atoms with Gasteiger partial charge in [-0.25, -0.2) is 9.37 Å². The fraction of sp³-hybridized carbons (Fsp3) is 0.150. The van der Waals surface area contributed by atoms with Gasteiger partial charge in [0.05, 0.1) is 0 Å². The molecule has 3 aromatic rings. The first kappa shape index (κ1) is 19.6. The van der Waals surface area contributed by atoms with Crippen LogP contribution in [0.4, 0.5) is 21.7 Å². The molecule has 0 aliphatic heterocycles. The van der Waals surface area contributed by atoms with Gasteiger partial charge in [0.15, 0.2) is 0 Å². The Bertz CT molecular complexity index is 1080. The predicted octanol–water partition coefficient (Wildman–Crippen LogP) is 3.75. The molecule has 2 aromatic carbocycles. The van der Waals surface area contributed by atoms with E-state index in [0.717, 1.165) is 0 Å². The van der Waals surface area contributed by atoms with Crippen LogP contribution in [0.1, 0.15) is 5.69 Å².